The van der Waals surface area contributed by atoms with Crippen molar-refractivity contribution in [1.29, 1.82) is 5.26 Å². The van der Waals surface area contributed by atoms with Gasteiger partial charge < -0.3 is 5.32 Å². The van der Waals surface area contributed by atoms with Crippen LogP contribution in [0.2, 0.25) is 0 Å². The molecule has 2 bridgehead atoms. The first-order valence-corrected chi connectivity index (χ1v) is 13.2. The van der Waals surface area contributed by atoms with Gasteiger partial charge in [0.2, 0.25) is 10.0 Å². The number of carbonyl (C=O) groups is 1. The lowest BCUT2D eigenvalue weighted by atomic mass is 9.68. The average molecular weight is 482 g/mol. The summed E-state index contributed by atoms with van der Waals surface area (Å²) in [6, 6.07) is 12.1. The Bertz CT molecular complexity index is 1280. The van der Waals surface area contributed by atoms with Crippen molar-refractivity contribution in [1.82, 2.24) is 9.62 Å². The van der Waals surface area contributed by atoms with Gasteiger partial charge in [-0.05, 0) is 85.0 Å². The third-order valence-electron chi connectivity index (χ3n) is 7.83. The molecule has 0 radical (unpaired) electrons. The van der Waals surface area contributed by atoms with Crippen molar-refractivity contribution in [3.8, 4) is 17.2 Å². The van der Waals surface area contributed by atoms with Crippen molar-refractivity contribution in [2.45, 2.75) is 55.5 Å². The van der Waals surface area contributed by atoms with Crippen molar-refractivity contribution in [3.05, 3.63) is 53.3 Å². The minimum Gasteiger partial charge on any atom is -0.305 e. The second-order valence-electron chi connectivity index (χ2n) is 9.95. The summed E-state index contributed by atoms with van der Waals surface area (Å²) in [5.74, 6) is -0.272. The quantitative estimate of drug-likeness (QED) is 0.678. The van der Waals surface area contributed by atoms with E-state index in [0.29, 0.717) is 29.2 Å². The van der Waals surface area contributed by atoms with Gasteiger partial charge in [-0.3, -0.25) is 4.79 Å². The standard InChI is InChI=1S/C26H28FN3O3S/c1-30-16-22-12-19(4-5-24(22)34(30,32)33)20-2-3-21(23(27)13-20)10-18(14-28)11-25(31)26-8-6-17(7-9-26)15-29-26/h2-5,12-13,17-18,29H,6-11,15-16H2,1H3/t17?,18-,26?/m1/s1. The van der Waals surface area contributed by atoms with E-state index in [4.69, 9.17) is 0 Å². The molecule has 8 heteroatoms. The van der Waals surface area contributed by atoms with Crippen LogP contribution in [0.1, 0.15) is 43.2 Å². The molecular formula is C26H28FN3O3S. The number of nitrogens with zero attached hydrogens (tertiary/aromatic N) is 2. The summed E-state index contributed by atoms with van der Waals surface area (Å²) in [6.07, 6.45) is 4.07. The van der Waals surface area contributed by atoms with Crippen LogP contribution in [0.3, 0.4) is 0 Å². The molecule has 1 atom stereocenters. The number of nitrogens with one attached hydrogen (secondary N) is 1. The highest BCUT2D eigenvalue weighted by Crippen LogP contribution is 2.39. The number of benzene rings is 2. The smallest absolute Gasteiger partial charge is 0.243 e. The first-order chi connectivity index (χ1) is 16.2. The molecule has 2 saturated heterocycles. The Labute approximate surface area is 199 Å². The minimum atomic E-state index is -3.44. The molecule has 1 saturated carbocycles. The highest BCUT2D eigenvalue weighted by Gasteiger charge is 2.45. The largest absolute Gasteiger partial charge is 0.305 e. The molecule has 6 nitrogen and oxygen atoms in total. The Morgan fingerprint density at radius 2 is 1.94 bits per heavy atom. The molecule has 178 valence electrons. The first kappa shape index (κ1) is 23.2. The normalized spacial score (nSPS) is 26.1. The second-order valence-corrected chi connectivity index (χ2v) is 12.0. The fraction of sp³-hybridized carbons (Fsp3) is 0.462. The molecule has 0 amide bonds. The molecule has 1 N–H and O–H groups in total. The van der Waals surface area contributed by atoms with E-state index in [-0.39, 0.29) is 23.5 Å². The van der Waals surface area contributed by atoms with E-state index >= 15 is 4.39 Å². The number of fused-ring (bicyclic) bond motifs is 4. The molecule has 0 spiro atoms. The van der Waals surface area contributed by atoms with Gasteiger partial charge in [-0.25, -0.2) is 12.8 Å². The molecule has 3 fully saturated rings. The number of nitriles is 1. The van der Waals surface area contributed by atoms with Gasteiger partial charge in [0, 0.05) is 20.0 Å². The maximum atomic E-state index is 15.0. The number of piperidine rings is 2. The third-order valence-corrected chi connectivity index (χ3v) is 9.73. The van der Waals surface area contributed by atoms with E-state index in [1.54, 1.807) is 30.3 Å². The Morgan fingerprint density at radius 1 is 1.24 bits per heavy atom. The van der Waals surface area contributed by atoms with Crippen LogP contribution < -0.4 is 5.32 Å². The monoisotopic (exact) mass is 481 g/mol. The van der Waals surface area contributed by atoms with Crippen molar-refractivity contribution >= 4 is 15.8 Å². The first-order valence-electron chi connectivity index (χ1n) is 11.8. The number of hydrogen-bond acceptors (Lipinski definition) is 5. The van der Waals surface area contributed by atoms with E-state index in [9.17, 15) is 18.5 Å². The summed E-state index contributed by atoms with van der Waals surface area (Å²) in [5, 5.41) is 13.1. The molecule has 3 heterocycles. The fourth-order valence-electron chi connectivity index (χ4n) is 5.64. The zero-order valence-electron chi connectivity index (χ0n) is 19.2. The van der Waals surface area contributed by atoms with Crippen LogP contribution in [-0.4, -0.2) is 37.6 Å². The molecule has 2 aromatic carbocycles. The highest BCUT2D eigenvalue weighted by molar-refractivity contribution is 7.89. The Hall–Kier alpha value is -2.60. The second kappa shape index (κ2) is 8.56. The summed E-state index contributed by atoms with van der Waals surface area (Å²) in [4.78, 5) is 13.4. The molecule has 1 aliphatic carbocycles. The lowest BCUT2D eigenvalue weighted by molar-refractivity contribution is -0.129. The van der Waals surface area contributed by atoms with Crippen LogP contribution in [-0.2, 0) is 27.8 Å². The molecule has 3 aliphatic heterocycles. The molecule has 0 unspecified atom stereocenters. The molecule has 6 rings (SSSR count). The lowest BCUT2D eigenvalue weighted by Crippen LogP contribution is -2.60. The Kier molecular flexibility index (Phi) is 5.83. The zero-order valence-corrected chi connectivity index (χ0v) is 20.0. The van der Waals surface area contributed by atoms with Crippen molar-refractivity contribution < 1.29 is 17.6 Å². The average Bonchev–Trinajstić information content (AvgIpc) is 3.08. The predicted octanol–water partition coefficient (Wildman–Crippen LogP) is 3.80. The summed E-state index contributed by atoms with van der Waals surface area (Å²) in [7, 11) is -1.90. The summed E-state index contributed by atoms with van der Waals surface area (Å²) in [5.41, 5.74) is 1.98. The number of carbonyl (C=O) groups excluding carboxylic acids is 1. The third kappa shape index (κ3) is 3.96. The molecule has 4 aliphatic rings. The van der Waals surface area contributed by atoms with Gasteiger partial charge in [-0.2, -0.15) is 9.57 Å². The van der Waals surface area contributed by atoms with Gasteiger partial charge in [0.1, 0.15) is 5.82 Å². The maximum Gasteiger partial charge on any atom is 0.243 e. The predicted molar refractivity (Wildman–Crippen MR) is 126 cm³/mol. The lowest BCUT2D eigenvalue weighted by Gasteiger charge is -2.46. The van der Waals surface area contributed by atoms with E-state index in [1.807, 2.05) is 0 Å². The van der Waals surface area contributed by atoms with Crippen molar-refractivity contribution in [2.24, 2.45) is 11.8 Å². The number of Topliss-reactive ketones (excluding diaryl/α,β-unsaturated/α-hetero) is 1. The summed E-state index contributed by atoms with van der Waals surface area (Å²) in [6.45, 7) is 1.16. The van der Waals surface area contributed by atoms with E-state index in [0.717, 1.165) is 37.8 Å². The fourth-order valence-corrected chi connectivity index (χ4v) is 6.98. The molecular weight excluding hydrogens is 453 g/mol. The van der Waals surface area contributed by atoms with Crippen molar-refractivity contribution in [2.75, 3.05) is 13.6 Å². The molecule has 2 aromatic rings. The van der Waals surface area contributed by atoms with E-state index in [1.165, 1.54) is 17.4 Å². The van der Waals surface area contributed by atoms with Gasteiger partial charge >= 0.3 is 0 Å². The number of ketones is 1. The summed E-state index contributed by atoms with van der Waals surface area (Å²) >= 11 is 0. The van der Waals surface area contributed by atoms with Gasteiger partial charge in [0.25, 0.3) is 0 Å². The Morgan fingerprint density at radius 3 is 2.59 bits per heavy atom. The number of halogens is 1. The van der Waals surface area contributed by atoms with Crippen LogP contribution in [0.15, 0.2) is 41.3 Å². The minimum absolute atomic E-state index is 0.0762. The van der Waals surface area contributed by atoms with E-state index in [2.05, 4.69) is 11.4 Å². The SMILES string of the molecule is CN1Cc2cc(-c3ccc(C[C@@H](C#N)CC(=O)C45CCC(CC4)CN5)c(F)c3)ccc2S1(=O)=O. The van der Waals surface area contributed by atoms with Crippen molar-refractivity contribution in [3.63, 3.8) is 0 Å². The number of rotatable bonds is 6. The highest BCUT2D eigenvalue weighted by atomic mass is 32.2. The summed E-state index contributed by atoms with van der Waals surface area (Å²) < 4.78 is 40.9. The van der Waals surface area contributed by atoms with Gasteiger partial charge in [-0.1, -0.05) is 18.2 Å². The van der Waals surface area contributed by atoms with Gasteiger partial charge in [0.15, 0.2) is 5.78 Å². The molecule has 34 heavy (non-hydrogen) atoms. The topological polar surface area (TPSA) is 90.3 Å². The van der Waals surface area contributed by atoms with Gasteiger partial charge in [0.05, 0.1) is 22.4 Å². The number of hydrogen-bond donors (Lipinski definition) is 1. The van der Waals surface area contributed by atoms with Gasteiger partial charge in [-0.15, -0.1) is 0 Å². The zero-order chi connectivity index (χ0) is 24.1. The molecule has 0 aromatic heterocycles. The van der Waals surface area contributed by atoms with Crippen LogP contribution in [0.25, 0.3) is 11.1 Å². The Balaban J connectivity index is 1.31. The van der Waals surface area contributed by atoms with Crippen LogP contribution in [0.5, 0.6) is 0 Å². The van der Waals surface area contributed by atoms with E-state index < -0.39 is 27.3 Å². The number of sulfonamides is 1. The van der Waals surface area contributed by atoms with Crippen LogP contribution in [0.4, 0.5) is 4.39 Å². The maximum absolute atomic E-state index is 15.0. The van der Waals surface area contributed by atoms with Crippen LogP contribution >= 0.6 is 0 Å². The van der Waals surface area contributed by atoms with Crippen LogP contribution in [0, 0.1) is 29.0 Å².